The van der Waals surface area contributed by atoms with Crippen LogP contribution < -0.4 is 0 Å². The molecule has 2 nitrogen and oxygen atoms in total. The molecule has 0 N–H and O–H groups in total. The molecular weight excluding hydrogens is 266 g/mol. The van der Waals surface area contributed by atoms with Crippen molar-refractivity contribution < 1.29 is 4.79 Å². The van der Waals surface area contributed by atoms with Crippen molar-refractivity contribution in [2.45, 2.75) is 13.8 Å². The van der Waals surface area contributed by atoms with Gasteiger partial charge in [0.15, 0.2) is 0 Å². The van der Waals surface area contributed by atoms with Gasteiger partial charge in [0.2, 0.25) is 0 Å². The summed E-state index contributed by atoms with van der Waals surface area (Å²) in [6, 6.07) is 5.63. The third kappa shape index (κ3) is 3.20. The van der Waals surface area contributed by atoms with E-state index in [0.29, 0.717) is 12.1 Å². The van der Waals surface area contributed by atoms with E-state index in [9.17, 15) is 4.79 Å². The fourth-order valence-electron chi connectivity index (χ4n) is 1.42. The first-order valence-electron chi connectivity index (χ1n) is 5.08. The summed E-state index contributed by atoms with van der Waals surface area (Å²) in [7, 11) is 1.78. The molecule has 3 heteroatoms. The summed E-state index contributed by atoms with van der Waals surface area (Å²) in [4.78, 5) is 13.7. The van der Waals surface area contributed by atoms with Crippen LogP contribution in [0.1, 0.15) is 22.8 Å². The number of halogens is 1. The Kier molecular flexibility index (Phi) is 4.30. The Bertz CT molecular complexity index is 426. The van der Waals surface area contributed by atoms with Crippen LogP contribution in [0, 0.1) is 6.92 Å². The van der Waals surface area contributed by atoms with E-state index in [1.807, 2.05) is 32.0 Å². The van der Waals surface area contributed by atoms with Gasteiger partial charge in [-0.2, -0.15) is 0 Å². The van der Waals surface area contributed by atoms with Crippen LogP contribution >= 0.6 is 15.9 Å². The third-order valence-electron chi connectivity index (χ3n) is 2.27. The van der Waals surface area contributed by atoms with Crippen LogP contribution in [0.4, 0.5) is 0 Å². The molecule has 86 valence electrons. The van der Waals surface area contributed by atoms with Crippen LogP contribution in [0.2, 0.25) is 0 Å². The highest BCUT2D eigenvalue weighted by Gasteiger charge is 2.12. The Hall–Kier alpha value is -1.09. The first-order valence-corrected chi connectivity index (χ1v) is 5.87. The number of likely N-dealkylation sites (N-methyl/N-ethyl adjacent to an activating group) is 1. The Balaban J connectivity index is 2.88. The first kappa shape index (κ1) is 13.0. The zero-order valence-corrected chi connectivity index (χ0v) is 11.5. The summed E-state index contributed by atoms with van der Waals surface area (Å²) in [5, 5.41) is 0. The van der Waals surface area contributed by atoms with Crippen molar-refractivity contribution in [3.8, 4) is 0 Å². The number of carbonyl (C=O) groups is 1. The van der Waals surface area contributed by atoms with E-state index in [1.54, 1.807) is 11.9 Å². The molecule has 16 heavy (non-hydrogen) atoms. The Morgan fingerprint density at radius 1 is 1.50 bits per heavy atom. The zero-order valence-electron chi connectivity index (χ0n) is 9.88. The summed E-state index contributed by atoms with van der Waals surface area (Å²) < 4.78 is 0.960. The minimum atomic E-state index is 0.0173. The summed E-state index contributed by atoms with van der Waals surface area (Å²) >= 11 is 3.43. The maximum atomic E-state index is 12.0. The summed E-state index contributed by atoms with van der Waals surface area (Å²) in [6.45, 7) is 8.29. The standard InChI is InChI=1S/C13H16BrNO/c1-9(2)8-15(4)13(16)11-6-5-10(3)12(14)7-11/h5-7H,1,8H2,2-4H3. The molecule has 0 spiro atoms. The molecular formula is C13H16BrNO. The molecule has 0 saturated carbocycles. The number of aryl methyl sites for hydroxylation is 1. The molecule has 1 aromatic carbocycles. The molecule has 1 amide bonds. The van der Waals surface area contributed by atoms with Gasteiger partial charge in [0.1, 0.15) is 0 Å². The highest BCUT2D eigenvalue weighted by Crippen LogP contribution is 2.18. The molecule has 0 aliphatic rings. The van der Waals surface area contributed by atoms with Crippen molar-refractivity contribution in [1.82, 2.24) is 4.90 Å². The number of carbonyl (C=O) groups excluding carboxylic acids is 1. The Morgan fingerprint density at radius 2 is 2.12 bits per heavy atom. The van der Waals surface area contributed by atoms with E-state index >= 15 is 0 Å². The number of amides is 1. The van der Waals surface area contributed by atoms with Gasteiger partial charge in [-0.15, -0.1) is 0 Å². The molecule has 0 heterocycles. The summed E-state index contributed by atoms with van der Waals surface area (Å²) in [5.41, 5.74) is 2.79. The van der Waals surface area contributed by atoms with Crippen molar-refractivity contribution in [2.24, 2.45) is 0 Å². The monoisotopic (exact) mass is 281 g/mol. The molecule has 1 aromatic rings. The second-order valence-electron chi connectivity index (χ2n) is 4.08. The lowest BCUT2D eigenvalue weighted by molar-refractivity contribution is 0.0807. The normalized spacial score (nSPS) is 10.0. The van der Waals surface area contributed by atoms with Crippen LogP contribution in [0.5, 0.6) is 0 Å². The first-order chi connectivity index (χ1) is 7.41. The molecule has 1 rings (SSSR count). The van der Waals surface area contributed by atoms with Crippen molar-refractivity contribution in [2.75, 3.05) is 13.6 Å². The Labute approximate surface area is 105 Å². The number of rotatable bonds is 3. The van der Waals surface area contributed by atoms with Gasteiger partial charge in [0, 0.05) is 23.6 Å². The van der Waals surface area contributed by atoms with E-state index in [4.69, 9.17) is 0 Å². The van der Waals surface area contributed by atoms with Crippen LogP contribution in [0.15, 0.2) is 34.8 Å². The highest BCUT2D eigenvalue weighted by atomic mass is 79.9. The lowest BCUT2D eigenvalue weighted by Gasteiger charge is -2.17. The molecule has 0 atom stereocenters. The van der Waals surface area contributed by atoms with Crippen molar-refractivity contribution in [1.29, 1.82) is 0 Å². The third-order valence-corrected chi connectivity index (χ3v) is 3.13. The number of hydrogen-bond donors (Lipinski definition) is 0. The largest absolute Gasteiger partial charge is 0.338 e. The molecule has 0 aromatic heterocycles. The smallest absolute Gasteiger partial charge is 0.253 e. The van der Waals surface area contributed by atoms with Crippen molar-refractivity contribution in [3.63, 3.8) is 0 Å². The molecule has 0 radical (unpaired) electrons. The minimum Gasteiger partial charge on any atom is -0.338 e. The van der Waals surface area contributed by atoms with Gasteiger partial charge < -0.3 is 4.90 Å². The van der Waals surface area contributed by atoms with Gasteiger partial charge >= 0.3 is 0 Å². The van der Waals surface area contributed by atoms with E-state index in [-0.39, 0.29) is 5.91 Å². The fourth-order valence-corrected chi connectivity index (χ4v) is 1.80. The van der Waals surface area contributed by atoms with Crippen LogP contribution in [0.3, 0.4) is 0 Å². The van der Waals surface area contributed by atoms with Crippen molar-refractivity contribution >= 4 is 21.8 Å². The number of benzene rings is 1. The van der Waals surface area contributed by atoms with E-state index in [0.717, 1.165) is 15.6 Å². The van der Waals surface area contributed by atoms with E-state index in [2.05, 4.69) is 22.5 Å². The minimum absolute atomic E-state index is 0.0173. The maximum Gasteiger partial charge on any atom is 0.253 e. The second-order valence-corrected chi connectivity index (χ2v) is 4.94. The number of hydrogen-bond acceptors (Lipinski definition) is 1. The zero-order chi connectivity index (χ0) is 12.3. The lowest BCUT2D eigenvalue weighted by atomic mass is 10.1. The molecule has 0 aliphatic heterocycles. The average molecular weight is 282 g/mol. The maximum absolute atomic E-state index is 12.0. The predicted octanol–water partition coefficient (Wildman–Crippen LogP) is 3.41. The molecule has 0 fully saturated rings. The quantitative estimate of drug-likeness (QED) is 0.778. The van der Waals surface area contributed by atoms with Gasteiger partial charge in [-0.25, -0.2) is 0 Å². The summed E-state index contributed by atoms with van der Waals surface area (Å²) in [6.07, 6.45) is 0. The topological polar surface area (TPSA) is 20.3 Å². The van der Waals surface area contributed by atoms with Crippen LogP contribution in [0.25, 0.3) is 0 Å². The highest BCUT2D eigenvalue weighted by molar-refractivity contribution is 9.10. The second kappa shape index (κ2) is 5.30. The average Bonchev–Trinajstić information content (AvgIpc) is 2.20. The molecule has 0 bridgehead atoms. The SMILES string of the molecule is C=C(C)CN(C)C(=O)c1ccc(C)c(Br)c1. The van der Waals surface area contributed by atoms with Crippen LogP contribution in [-0.2, 0) is 0 Å². The van der Waals surface area contributed by atoms with Gasteiger partial charge in [0.25, 0.3) is 5.91 Å². The van der Waals surface area contributed by atoms with Crippen molar-refractivity contribution in [3.05, 3.63) is 46.0 Å². The lowest BCUT2D eigenvalue weighted by Crippen LogP contribution is -2.28. The van der Waals surface area contributed by atoms with E-state index in [1.165, 1.54) is 0 Å². The number of nitrogens with zero attached hydrogens (tertiary/aromatic N) is 1. The Morgan fingerprint density at radius 3 is 2.62 bits per heavy atom. The molecule has 0 saturated heterocycles. The van der Waals surface area contributed by atoms with E-state index < -0.39 is 0 Å². The van der Waals surface area contributed by atoms with Crippen LogP contribution in [-0.4, -0.2) is 24.4 Å². The van der Waals surface area contributed by atoms with Gasteiger partial charge in [-0.05, 0) is 31.5 Å². The molecule has 0 aliphatic carbocycles. The molecule has 0 unspecified atom stereocenters. The summed E-state index contributed by atoms with van der Waals surface area (Å²) in [5.74, 6) is 0.0173. The van der Waals surface area contributed by atoms with Gasteiger partial charge in [0.05, 0.1) is 0 Å². The predicted molar refractivity (Wildman–Crippen MR) is 70.7 cm³/mol. The van der Waals surface area contributed by atoms with Gasteiger partial charge in [-0.1, -0.05) is 34.1 Å². The van der Waals surface area contributed by atoms with Gasteiger partial charge in [-0.3, -0.25) is 4.79 Å². The fraction of sp³-hybridized carbons (Fsp3) is 0.308.